The third-order valence-electron chi connectivity index (χ3n) is 4.85. The molecule has 1 aliphatic heterocycles. The Kier molecular flexibility index (Phi) is 5.23. The van der Waals surface area contributed by atoms with Crippen molar-refractivity contribution in [1.82, 2.24) is 0 Å². The number of hydrogen-bond donors (Lipinski definition) is 1. The first-order valence-electron chi connectivity index (χ1n) is 7.84. The number of aliphatic hydroxyl groups is 1. The topological polar surface area (TPSA) is 32.8 Å². The summed E-state index contributed by atoms with van der Waals surface area (Å²) in [5.74, 6) is 0.506. The molecule has 0 aromatic rings. The largest absolute Gasteiger partial charge is 0.389 e. The Morgan fingerprint density at radius 1 is 1.05 bits per heavy atom. The zero-order valence-corrected chi connectivity index (χ0v) is 12.0. The van der Waals surface area contributed by atoms with Crippen LogP contribution in [0.4, 0.5) is 0 Å². The summed E-state index contributed by atoms with van der Waals surface area (Å²) in [4.78, 5) is 0. The lowest BCUT2D eigenvalue weighted by Gasteiger charge is -2.24. The maximum absolute atomic E-state index is 9.36. The first-order valence-corrected chi connectivity index (χ1v) is 7.84. The summed E-state index contributed by atoms with van der Waals surface area (Å²) in [5, 5.41) is 9.36. The molecule has 3 rings (SSSR count). The average molecular weight is 264 g/mol. The van der Waals surface area contributed by atoms with Crippen LogP contribution in [0.1, 0.15) is 57.8 Å². The predicted molar refractivity (Wildman–Crippen MR) is 79.0 cm³/mol. The van der Waals surface area contributed by atoms with E-state index in [1.54, 1.807) is 6.08 Å². The summed E-state index contributed by atoms with van der Waals surface area (Å²) >= 11 is 0. The molecular formula is C17H28O2. The number of fused-ring (bicyclic) bond motifs is 1. The molecule has 1 N–H and O–H groups in total. The van der Waals surface area contributed by atoms with Crippen LogP contribution in [0.2, 0.25) is 0 Å². The highest BCUT2D eigenvalue weighted by atomic mass is 16.6. The van der Waals surface area contributed by atoms with E-state index in [1.807, 2.05) is 6.08 Å². The minimum Gasteiger partial charge on any atom is -0.389 e. The zero-order valence-electron chi connectivity index (χ0n) is 12.0. The molecule has 2 heteroatoms. The molecule has 2 nitrogen and oxygen atoms in total. The summed E-state index contributed by atoms with van der Waals surface area (Å²) in [6.07, 6.45) is 15.4. The van der Waals surface area contributed by atoms with Crippen molar-refractivity contribution in [3.63, 3.8) is 0 Å². The maximum Gasteiger partial charge on any atom is 0.113 e. The van der Waals surface area contributed by atoms with E-state index in [1.165, 1.54) is 57.8 Å². The number of ether oxygens (including phenoxy) is 1. The van der Waals surface area contributed by atoms with Crippen LogP contribution >= 0.6 is 0 Å². The fourth-order valence-corrected chi connectivity index (χ4v) is 3.43. The summed E-state index contributed by atoms with van der Waals surface area (Å²) in [6.45, 7) is 7.36. The van der Waals surface area contributed by atoms with Gasteiger partial charge in [-0.05, 0) is 31.6 Å². The molecule has 3 unspecified atom stereocenters. The van der Waals surface area contributed by atoms with Crippen molar-refractivity contribution in [2.45, 2.75) is 75.6 Å². The first kappa shape index (κ1) is 14.8. The normalized spacial score (nSPS) is 35.3. The fourth-order valence-electron chi connectivity index (χ4n) is 3.43. The van der Waals surface area contributed by atoms with Crippen molar-refractivity contribution in [2.75, 3.05) is 0 Å². The zero-order chi connectivity index (χ0) is 13.7. The van der Waals surface area contributed by atoms with E-state index < -0.39 is 0 Å². The molecule has 0 aromatic heterocycles. The third-order valence-corrected chi connectivity index (χ3v) is 4.85. The quantitative estimate of drug-likeness (QED) is 0.617. The van der Waals surface area contributed by atoms with Crippen molar-refractivity contribution in [3.8, 4) is 0 Å². The smallest absolute Gasteiger partial charge is 0.113 e. The molecule has 1 saturated heterocycles. The van der Waals surface area contributed by atoms with Crippen LogP contribution in [0.25, 0.3) is 0 Å². The van der Waals surface area contributed by atoms with Gasteiger partial charge in [-0.2, -0.15) is 0 Å². The second-order valence-corrected chi connectivity index (χ2v) is 6.14. The lowest BCUT2D eigenvalue weighted by atomic mass is 9.85. The standard InChI is InChI=1S/C9H16O.C8H12O/c1-2-9(10)8-6-4-3-5-7-8;1-2-8-6-4-3-5-7(8)9-8/h2,8-10H,1,3-7H2;2,7H,1,3-6H2. The molecule has 0 spiro atoms. The van der Waals surface area contributed by atoms with Gasteiger partial charge in [-0.3, -0.25) is 0 Å². The van der Waals surface area contributed by atoms with Crippen LogP contribution in [0.5, 0.6) is 0 Å². The Morgan fingerprint density at radius 2 is 1.74 bits per heavy atom. The van der Waals surface area contributed by atoms with E-state index in [-0.39, 0.29) is 11.7 Å². The average Bonchev–Trinajstić information content (AvgIpc) is 3.23. The summed E-state index contributed by atoms with van der Waals surface area (Å²) < 4.78 is 5.50. The predicted octanol–water partition coefficient (Wildman–Crippen LogP) is 4.00. The van der Waals surface area contributed by atoms with Crippen LogP contribution in [-0.2, 0) is 4.74 Å². The van der Waals surface area contributed by atoms with Crippen molar-refractivity contribution in [2.24, 2.45) is 5.92 Å². The highest BCUT2D eigenvalue weighted by Crippen LogP contribution is 2.48. The summed E-state index contributed by atoms with van der Waals surface area (Å²) in [6, 6.07) is 0. The Morgan fingerprint density at radius 3 is 2.26 bits per heavy atom. The summed E-state index contributed by atoms with van der Waals surface area (Å²) in [5.41, 5.74) is 0.151. The van der Waals surface area contributed by atoms with Crippen molar-refractivity contribution in [3.05, 3.63) is 25.3 Å². The van der Waals surface area contributed by atoms with E-state index in [4.69, 9.17) is 4.74 Å². The van der Waals surface area contributed by atoms with E-state index in [2.05, 4.69) is 13.2 Å². The van der Waals surface area contributed by atoms with Crippen LogP contribution in [0.3, 0.4) is 0 Å². The monoisotopic (exact) mass is 264 g/mol. The molecule has 2 aliphatic carbocycles. The lowest BCUT2D eigenvalue weighted by Crippen LogP contribution is -2.20. The van der Waals surface area contributed by atoms with Crippen LogP contribution in [0, 0.1) is 5.92 Å². The van der Waals surface area contributed by atoms with Gasteiger partial charge in [-0.1, -0.05) is 44.3 Å². The van der Waals surface area contributed by atoms with Gasteiger partial charge in [0.1, 0.15) is 5.60 Å². The Bertz CT molecular complexity index is 306. The highest BCUT2D eigenvalue weighted by Gasteiger charge is 2.54. The highest BCUT2D eigenvalue weighted by molar-refractivity contribution is 5.15. The minimum absolute atomic E-state index is 0.151. The maximum atomic E-state index is 9.36. The van der Waals surface area contributed by atoms with Gasteiger partial charge >= 0.3 is 0 Å². The second-order valence-electron chi connectivity index (χ2n) is 6.14. The molecule has 0 amide bonds. The minimum atomic E-state index is -0.250. The Labute approximate surface area is 117 Å². The van der Waals surface area contributed by atoms with E-state index in [9.17, 15) is 5.11 Å². The molecule has 0 aromatic carbocycles. The Balaban J connectivity index is 0.000000141. The molecule has 3 atom stereocenters. The SMILES string of the molecule is C=CC(O)C1CCCCC1.C=CC12CCCCC1O2. The summed E-state index contributed by atoms with van der Waals surface area (Å²) in [7, 11) is 0. The number of epoxide rings is 1. The fraction of sp³-hybridized carbons (Fsp3) is 0.765. The van der Waals surface area contributed by atoms with Crippen LogP contribution in [0.15, 0.2) is 25.3 Å². The van der Waals surface area contributed by atoms with Gasteiger partial charge < -0.3 is 9.84 Å². The van der Waals surface area contributed by atoms with Crippen molar-refractivity contribution in [1.29, 1.82) is 0 Å². The molecule has 19 heavy (non-hydrogen) atoms. The number of rotatable bonds is 3. The van der Waals surface area contributed by atoms with Gasteiger partial charge in [0.2, 0.25) is 0 Å². The molecule has 1 heterocycles. The van der Waals surface area contributed by atoms with Gasteiger partial charge in [0.25, 0.3) is 0 Å². The van der Waals surface area contributed by atoms with Gasteiger partial charge in [-0.25, -0.2) is 0 Å². The van der Waals surface area contributed by atoms with Gasteiger partial charge in [0.05, 0.1) is 12.2 Å². The van der Waals surface area contributed by atoms with E-state index >= 15 is 0 Å². The lowest BCUT2D eigenvalue weighted by molar-refractivity contribution is 0.125. The van der Waals surface area contributed by atoms with Crippen LogP contribution in [-0.4, -0.2) is 22.9 Å². The van der Waals surface area contributed by atoms with Crippen molar-refractivity contribution < 1.29 is 9.84 Å². The molecule has 2 saturated carbocycles. The molecule has 0 bridgehead atoms. The molecule has 3 fully saturated rings. The van der Waals surface area contributed by atoms with Crippen molar-refractivity contribution >= 4 is 0 Å². The Hall–Kier alpha value is -0.600. The molecule has 108 valence electrons. The molecule has 3 aliphatic rings. The van der Waals surface area contributed by atoms with E-state index in [0.29, 0.717) is 12.0 Å². The second kappa shape index (κ2) is 6.71. The molecular weight excluding hydrogens is 236 g/mol. The van der Waals surface area contributed by atoms with Crippen LogP contribution < -0.4 is 0 Å². The number of aliphatic hydroxyl groups excluding tert-OH is 1. The first-order chi connectivity index (χ1) is 9.22. The van der Waals surface area contributed by atoms with Gasteiger partial charge in [0.15, 0.2) is 0 Å². The van der Waals surface area contributed by atoms with Gasteiger partial charge in [0, 0.05) is 0 Å². The van der Waals surface area contributed by atoms with E-state index in [0.717, 1.165) is 0 Å². The molecule has 0 radical (unpaired) electrons. The third kappa shape index (κ3) is 3.70. The number of hydrogen-bond acceptors (Lipinski definition) is 2. The van der Waals surface area contributed by atoms with Gasteiger partial charge in [-0.15, -0.1) is 13.2 Å².